The molecule has 0 aliphatic carbocycles. The van der Waals surface area contributed by atoms with Crippen LogP contribution in [0.3, 0.4) is 0 Å². The van der Waals surface area contributed by atoms with E-state index < -0.39 is 5.82 Å². The lowest BCUT2D eigenvalue weighted by molar-refractivity contribution is 0.607. The number of hydrogen-bond acceptors (Lipinski definition) is 5. The molecule has 21 heavy (non-hydrogen) atoms. The first-order valence-corrected chi connectivity index (χ1v) is 6.26. The molecular formula is C14H13FN6. The minimum absolute atomic E-state index is 0.274. The van der Waals surface area contributed by atoms with E-state index in [0.29, 0.717) is 22.8 Å². The summed E-state index contributed by atoms with van der Waals surface area (Å²) in [6.45, 7) is 1.87. The summed E-state index contributed by atoms with van der Waals surface area (Å²) in [6, 6.07) is 9.74. The first kappa shape index (κ1) is 13.0. The third kappa shape index (κ3) is 2.40. The second-order valence-corrected chi connectivity index (χ2v) is 4.76. The first-order chi connectivity index (χ1) is 10.0. The molecule has 0 bridgehead atoms. The van der Waals surface area contributed by atoms with Gasteiger partial charge in [-0.3, -0.25) is 0 Å². The molecule has 0 saturated heterocycles. The topological polar surface area (TPSA) is 95.6 Å². The lowest BCUT2D eigenvalue weighted by Crippen LogP contribution is -2.04. The molecule has 1 heterocycles. The quantitative estimate of drug-likeness (QED) is 0.701. The van der Waals surface area contributed by atoms with Gasteiger partial charge in [-0.05, 0) is 53.2 Å². The van der Waals surface area contributed by atoms with Gasteiger partial charge in [0.25, 0.3) is 0 Å². The molecule has 7 heteroatoms. The van der Waals surface area contributed by atoms with Gasteiger partial charge in [-0.15, -0.1) is 5.10 Å². The van der Waals surface area contributed by atoms with Crippen molar-refractivity contribution in [1.29, 1.82) is 0 Å². The van der Waals surface area contributed by atoms with Gasteiger partial charge in [-0.1, -0.05) is 6.07 Å². The van der Waals surface area contributed by atoms with Crippen LogP contribution in [0.1, 0.15) is 5.56 Å². The maximum atomic E-state index is 14.0. The van der Waals surface area contributed by atoms with Crippen LogP contribution in [0.25, 0.3) is 17.1 Å². The fourth-order valence-electron chi connectivity index (χ4n) is 2.12. The molecular weight excluding hydrogens is 271 g/mol. The minimum atomic E-state index is -0.411. The SMILES string of the molecule is Cc1ccc(F)c(-n2nnnc2-c2cc(N)cc(N)c2)c1. The molecule has 1 aromatic heterocycles. The fourth-order valence-corrected chi connectivity index (χ4v) is 2.12. The smallest absolute Gasteiger partial charge is 0.187 e. The van der Waals surface area contributed by atoms with Gasteiger partial charge in [0.1, 0.15) is 11.5 Å². The number of halogens is 1. The molecule has 0 aliphatic rings. The third-order valence-corrected chi connectivity index (χ3v) is 3.04. The van der Waals surface area contributed by atoms with Gasteiger partial charge >= 0.3 is 0 Å². The van der Waals surface area contributed by atoms with Crippen molar-refractivity contribution in [2.45, 2.75) is 6.92 Å². The largest absolute Gasteiger partial charge is 0.399 e. The average molecular weight is 284 g/mol. The Hall–Kier alpha value is -2.96. The van der Waals surface area contributed by atoms with Crippen LogP contribution in [0, 0.1) is 12.7 Å². The van der Waals surface area contributed by atoms with Crippen LogP contribution in [0.5, 0.6) is 0 Å². The van der Waals surface area contributed by atoms with Gasteiger partial charge in [0.2, 0.25) is 0 Å². The highest BCUT2D eigenvalue weighted by Gasteiger charge is 2.15. The summed E-state index contributed by atoms with van der Waals surface area (Å²) in [5, 5.41) is 11.4. The summed E-state index contributed by atoms with van der Waals surface area (Å²) in [6.07, 6.45) is 0. The molecule has 0 spiro atoms. The number of benzene rings is 2. The Bertz CT molecular complexity index is 791. The van der Waals surface area contributed by atoms with Gasteiger partial charge in [0.05, 0.1) is 0 Å². The van der Waals surface area contributed by atoms with Gasteiger partial charge in [-0.25, -0.2) is 4.39 Å². The van der Waals surface area contributed by atoms with Crippen molar-refractivity contribution < 1.29 is 4.39 Å². The summed E-state index contributed by atoms with van der Waals surface area (Å²) in [4.78, 5) is 0. The van der Waals surface area contributed by atoms with E-state index in [4.69, 9.17) is 11.5 Å². The summed E-state index contributed by atoms with van der Waals surface area (Å²) in [5.41, 5.74) is 14.3. The standard InChI is InChI=1S/C14H13FN6/c1-8-2-3-12(15)13(4-8)21-14(18-19-20-21)9-5-10(16)7-11(17)6-9/h2-7H,16-17H2,1H3. The van der Waals surface area contributed by atoms with E-state index in [2.05, 4.69) is 15.5 Å². The van der Waals surface area contributed by atoms with Crippen molar-refractivity contribution in [2.24, 2.45) is 0 Å². The summed E-state index contributed by atoms with van der Waals surface area (Å²) in [7, 11) is 0. The predicted molar refractivity (Wildman–Crippen MR) is 78.1 cm³/mol. The normalized spacial score (nSPS) is 10.8. The monoisotopic (exact) mass is 284 g/mol. The number of nitrogens with zero attached hydrogens (tertiary/aromatic N) is 4. The Morgan fingerprint density at radius 1 is 1.05 bits per heavy atom. The second kappa shape index (κ2) is 4.86. The highest BCUT2D eigenvalue weighted by Crippen LogP contribution is 2.25. The Morgan fingerprint density at radius 3 is 2.48 bits per heavy atom. The molecule has 0 atom stereocenters. The molecule has 0 saturated carbocycles. The number of tetrazole rings is 1. The molecule has 0 amide bonds. The lowest BCUT2D eigenvalue weighted by atomic mass is 10.1. The van der Waals surface area contributed by atoms with Gasteiger partial charge in [0, 0.05) is 16.9 Å². The van der Waals surface area contributed by atoms with Crippen molar-refractivity contribution in [1.82, 2.24) is 20.2 Å². The Balaban J connectivity index is 2.19. The van der Waals surface area contributed by atoms with Crippen LogP contribution >= 0.6 is 0 Å². The molecule has 3 aromatic rings. The van der Waals surface area contributed by atoms with Crippen LogP contribution in [-0.2, 0) is 0 Å². The van der Waals surface area contributed by atoms with E-state index in [0.717, 1.165) is 5.56 Å². The van der Waals surface area contributed by atoms with E-state index in [1.807, 2.05) is 6.92 Å². The maximum absolute atomic E-state index is 14.0. The molecule has 0 aliphatic heterocycles. The number of rotatable bonds is 2. The van der Waals surface area contributed by atoms with E-state index >= 15 is 0 Å². The maximum Gasteiger partial charge on any atom is 0.187 e. The van der Waals surface area contributed by atoms with Crippen molar-refractivity contribution in [2.75, 3.05) is 11.5 Å². The van der Waals surface area contributed by atoms with Gasteiger partial charge in [-0.2, -0.15) is 4.68 Å². The molecule has 0 radical (unpaired) electrons. The van der Waals surface area contributed by atoms with Crippen LogP contribution in [-0.4, -0.2) is 20.2 Å². The van der Waals surface area contributed by atoms with Crippen molar-refractivity contribution in [3.05, 3.63) is 47.8 Å². The van der Waals surface area contributed by atoms with Crippen molar-refractivity contribution in [3.63, 3.8) is 0 Å². The highest BCUT2D eigenvalue weighted by molar-refractivity contribution is 5.68. The molecule has 6 nitrogen and oxygen atoms in total. The molecule has 0 unspecified atom stereocenters. The number of hydrogen-bond donors (Lipinski definition) is 2. The number of nitrogen functional groups attached to an aromatic ring is 2. The number of aryl methyl sites for hydroxylation is 1. The molecule has 4 N–H and O–H groups in total. The molecule has 106 valence electrons. The third-order valence-electron chi connectivity index (χ3n) is 3.04. The van der Waals surface area contributed by atoms with Crippen LogP contribution in [0.15, 0.2) is 36.4 Å². The zero-order valence-corrected chi connectivity index (χ0v) is 11.3. The summed E-state index contributed by atoms with van der Waals surface area (Å²) < 4.78 is 15.4. The Labute approximate surface area is 120 Å². The molecule has 3 rings (SSSR count). The molecule has 2 aromatic carbocycles. The lowest BCUT2D eigenvalue weighted by Gasteiger charge is -2.08. The predicted octanol–water partition coefficient (Wildman–Crippen LogP) is 1.94. The van der Waals surface area contributed by atoms with E-state index in [-0.39, 0.29) is 5.69 Å². The molecule has 0 fully saturated rings. The average Bonchev–Trinajstić information content (AvgIpc) is 2.89. The zero-order valence-electron chi connectivity index (χ0n) is 11.3. The van der Waals surface area contributed by atoms with Crippen LogP contribution in [0.2, 0.25) is 0 Å². The van der Waals surface area contributed by atoms with Crippen molar-refractivity contribution >= 4 is 11.4 Å². The van der Waals surface area contributed by atoms with Gasteiger partial charge < -0.3 is 11.5 Å². The second-order valence-electron chi connectivity index (χ2n) is 4.76. The zero-order chi connectivity index (χ0) is 15.0. The van der Waals surface area contributed by atoms with E-state index in [1.165, 1.54) is 10.7 Å². The van der Waals surface area contributed by atoms with Gasteiger partial charge in [0.15, 0.2) is 5.82 Å². The Morgan fingerprint density at radius 2 is 1.76 bits per heavy atom. The van der Waals surface area contributed by atoms with E-state index in [1.54, 1.807) is 30.3 Å². The summed E-state index contributed by atoms with van der Waals surface area (Å²) in [5.74, 6) is -0.0375. The van der Waals surface area contributed by atoms with Crippen LogP contribution < -0.4 is 11.5 Å². The number of anilines is 2. The Kier molecular flexibility index (Phi) is 3.02. The minimum Gasteiger partial charge on any atom is -0.399 e. The summed E-state index contributed by atoms with van der Waals surface area (Å²) >= 11 is 0. The van der Waals surface area contributed by atoms with Crippen LogP contribution in [0.4, 0.5) is 15.8 Å². The van der Waals surface area contributed by atoms with E-state index in [9.17, 15) is 4.39 Å². The first-order valence-electron chi connectivity index (χ1n) is 6.26. The highest BCUT2D eigenvalue weighted by atomic mass is 19.1. The number of nitrogens with two attached hydrogens (primary N) is 2. The van der Waals surface area contributed by atoms with Crippen molar-refractivity contribution in [3.8, 4) is 17.1 Å². The fraction of sp³-hybridized carbons (Fsp3) is 0.0714. The number of aromatic nitrogens is 4.